The van der Waals surface area contributed by atoms with Crippen molar-refractivity contribution in [2.24, 2.45) is 0 Å². The molecule has 20 heavy (non-hydrogen) atoms. The first kappa shape index (κ1) is 14.4. The monoisotopic (exact) mass is 272 g/mol. The lowest BCUT2D eigenvalue weighted by Crippen LogP contribution is -2.14. The molecule has 3 heteroatoms. The average molecular weight is 272 g/mol. The van der Waals surface area contributed by atoms with E-state index in [0.29, 0.717) is 19.4 Å². The molecule has 0 spiro atoms. The van der Waals surface area contributed by atoms with Crippen LogP contribution in [0.4, 0.5) is 0 Å². The summed E-state index contributed by atoms with van der Waals surface area (Å²) in [7, 11) is 1.64. The van der Waals surface area contributed by atoms with Crippen LogP contribution in [-0.4, -0.2) is 24.9 Å². The fourth-order valence-corrected chi connectivity index (χ4v) is 2.00. The van der Waals surface area contributed by atoms with Crippen molar-refractivity contribution in [1.82, 2.24) is 0 Å². The van der Waals surface area contributed by atoms with Crippen LogP contribution in [0, 0.1) is 0 Å². The van der Waals surface area contributed by atoms with E-state index in [1.807, 2.05) is 54.6 Å². The molecule has 0 bridgehead atoms. The van der Waals surface area contributed by atoms with Gasteiger partial charge in [0.15, 0.2) is 0 Å². The highest BCUT2D eigenvalue weighted by Gasteiger charge is 2.07. The van der Waals surface area contributed by atoms with Gasteiger partial charge in [-0.05, 0) is 36.2 Å². The van der Waals surface area contributed by atoms with Crippen LogP contribution in [-0.2, 0) is 6.42 Å². The molecule has 0 saturated carbocycles. The molecule has 1 unspecified atom stereocenters. The molecule has 2 rings (SSSR count). The van der Waals surface area contributed by atoms with E-state index in [1.165, 1.54) is 0 Å². The van der Waals surface area contributed by atoms with Gasteiger partial charge in [-0.2, -0.15) is 0 Å². The minimum atomic E-state index is -0.411. The summed E-state index contributed by atoms with van der Waals surface area (Å²) in [6.45, 7) is 0.509. The van der Waals surface area contributed by atoms with E-state index >= 15 is 0 Å². The predicted octanol–water partition coefficient (Wildman–Crippen LogP) is 3.07. The topological polar surface area (TPSA) is 38.7 Å². The molecule has 0 aliphatic heterocycles. The van der Waals surface area contributed by atoms with E-state index in [-0.39, 0.29) is 0 Å². The zero-order chi connectivity index (χ0) is 14.2. The van der Waals surface area contributed by atoms with Crippen molar-refractivity contribution < 1.29 is 14.6 Å². The highest BCUT2D eigenvalue weighted by atomic mass is 16.5. The molecule has 0 aliphatic carbocycles. The maximum atomic E-state index is 10.0. The van der Waals surface area contributed by atoms with Crippen LogP contribution >= 0.6 is 0 Å². The summed E-state index contributed by atoms with van der Waals surface area (Å²) >= 11 is 0. The molecule has 0 radical (unpaired) electrons. The molecule has 2 aromatic carbocycles. The van der Waals surface area contributed by atoms with Gasteiger partial charge in [-0.25, -0.2) is 0 Å². The van der Waals surface area contributed by atoms with Gasteiger partial charge in [-0.3, -0.25) is 0 Å². The average Bonchev–Trinajstić information content (AvgIpc) is 2.48. The lowest BCUT2D eigenvalue weighted by atomic mass is 10.1. The summed E-state index contributed by atoms with van der Waals surface area (Å²) in [5.41, 5.74) is 1.07. The number of benzene rings is 2. The molecule has 0 fully saturated rings. The first-order valence-corrected chi connectivity index (χ1v) is 6.77. The maximum absolute atomic E-state index is 10.0. The Morgan fingerprint density at radius 2 is 1.75 bits per heavy atom. The van der Waals surface area contributed by atoms with E-state index < -0.39 is 6.10 Å². The standard InChI is InChI=1S/C17H20O3/c1-19-17-9-5-6-14(13-17)12-15(18)10-11-20-16-7-3-2-4-8-16/h2-9,13,15,18H,10-12H2,1H3. The lowest BCUT2D eigenvalue weighted by molar-refractivity contribution is 0.139. The zero-order valence-electron chi connectivity index (χ0n) is 11.7. The van der Waals surface area contributed by atoms with Gasteiger partial charge < -0.3 is 14.6 Å². The minimum absolute atomic E-state index is 0.411. The summed E-state index contributed by atoms with van der Waals surface area (Å²) in [6.07, 6.45) is 0.798. The Kier molecular flexibility index (Phi) is 5.44. The van der Waals surface area contributed by atoms with Crippen LogP contribution in [0.3, 0.4) is 0 Å². The van der Waals surface area contributed by atoms with Crippen molar-refractivity contribution in [1.29, 1.82) is 0 Å². The van der Waals surface area contributed by atoms with E-state index in [4.69, 9.17) is 9.47 Å². The van der Waals surface area contributed by atoms with Crippen molar-refractivity contribution in [2.75, 3.05) is 13.7 Å². The number of hydrogen-bond donors (Lipinski definition) is 1. The predicted molar refractivity (Wildman–Crippen MR) is 79.3 cm³/mol. The molecule has 106 valence electrons. The fourth-order valence-electron chi connectivity index (χ4n) is 2.00. The summed E-state index contributed by atoms with van der Waals surface area (Å²) in [4.78, 5) is 0. The summed E-state index contributed by atoms with van der Waals surface area (Å²) in [5.74, 6) is 1.65. The lowest BCUT2D eigenvalue weighted by Gasteiger charge is -2.12. The molecule has 0 aromatic heterocycles. The largest absolute Gasteiger partial charge is 0.497 e. The SMILES string of the molecule is COc1cccc(CC(O)CCOc2ccccc2)c1. The van der Waals surface area contributed by atoms with E-state index in [0.717, 1.165) is 17.1 Å². The first-order valence-electron chi connectivity index (χ1n) is 6.77. The molecule has 0 heterocycles. The van der Waals surface area contributed by atoms with Gasteiger partial charge in [-0.1, -0.05) is 30.3 Å². The van der Waals surface area contributed by atoms with Crippen LogP contribution in [0.2, 0.25) is 0 Å². The highest BCUT2D eigenvalue weighted by Crippen LogP contribution is 2.15. The number of methoxy groups -OCH3 is 1. The molecule has 0 aliphatic rings. The van der Waals surface area contributed by atoms with Gasteiger partial charge in [0.1, 0.15) is 11.5 Å². The second-order valence-electron chi connectivity index (χ2n) is 4.66. The number of rotatable bonds is 7. The van der Waals surface area contributed by atoms with Crippen LogP contribution in [0.5, 0.6) is 11.5 Å². The van der Waals surface area contributed by atoms with E-state index in [9.17, 15) is 5.11 Å². The fraction of sp³-hybridized carbons (Fsp3) is 0.294. The third-order valence-electron chi connectivity index (χ3n) is 3.07. The summed E-state index contributed by atoms with van der Waals surface area (Å²) in [6, 6.07) is 17.4. The van der Waals surface area contributed by atoms with Gasteiger partial charge in [0.2, 0.25) is 0 Å². The normalized spacial score (nSPS) is 11.9. The molecule has 2 aromatic rings. The maximum Gasteiger partial charge on any atom is 0.119 e. The second-order valence-corrected chi connectivity index (χ2v) is 4.66. The minimum Gasteiger partial charge on any atom is -0.497 e. The van der Waals surface area contributed by atoms with Crippen molar-refractivity contribution >= 4 is 0 Å². The number of para-hydroxylation sites is 1. The Bertz CT molecular complexity index is 511. The van der Waals surface area contributed by atoms with Crippen LogP contribution in [0.15, 0.2) is 54.6 Å². The molecular formula is C17H20O3. The molecule has 0 saturated heterocycles. The van der Waals surface area contributed by atoms with Crippen LogP contribution in [0.25, 0.3) is 0 Å². The quantitative estimate of drug-likeness (QED) is 0.842. The van der Waals surface area contributed by atoms with Gasteiger partial charge in [0.05, 0.1) is 19.8 Å². The van der Waals surface area contributed by atoms with Gasteiger partial charge >= 0.3 is 0 Å². The Labute approximate surface area is 119 Å². The Hall–Kier alpha value is -2.00. The van der Waals surface area contributed by atoms with Crippen molar-refractivity contribution in [3.8, 4) is 11.5 Å². The molecule has 3 nitrogen and oxygen atoms in total. The van der Waals surface area contributed by atoms with Gasteiger partial charge in [0.25, 0.3) is 0 Å². The Morgan fingerprint density at radius 3 is 2.50 bits per heavy atom. The molecule has 1 N–H and O–H groups in total. The Morgan fingerprint density at radius 1 is 1.00 bits per heavy atom. The third kappa shape index (κ3) is 4.59. The van der Waals surface area contributed by atoms with Crippen LogP contribution in [0.1, 0.15) is 12.0 Å². The third-order valence-corrected chi connectivity index (χ3v) is 3.07. The van der Waals surface area contributed by atoms with Crippen LogP contribution < -0.4 is 9.47 Å². The Balaban J connectivity index is 1.76. The highest BCUT2D eigenvalue weighted by molar-refractivity contribution is 5.28. The molecule has 0 amide bonds. The second kappa shape index (κ2) is 7.56. The number of aliphatic hydroxyl groups excluding tert-OH is 1. The first-order chi connectivity index (χ1) is 9.78. The van der Waals surface area contributed by atoms with Gasteiger partial charge in [-0.15, -0.1) is 0 Å². The zero-order valence-corrected chi connectivity index (χ0v) is 11.7. The number of ether oxygens (including phenoxy) is 2. The van der Waals surface area contributed by atoms with Crippen molar-refractivity contribution in [2.45, 2.75) is 18.9 Å². The van der Waals surface area contributed by atoms with Crippen molar-refractivity contribution in [3.63, 3.8) is 0 Å². The molecule has 1 atom stereocenters. The molecular weight excluding hydrogens is 252 g/mol. The smallest absolute Gasteiger partial charge is 0.119 e. The number of aliphatic hydroxyl groups is 1. The summed E-state index contributed by atoms with van der Waals surface area (Å²) in [5, 5.41) is 10.0. The number of hydrogen-bond acceptors (Lipinski definition) is 3. The summed E-state index contributed by atoms with van der Waals surface area (Å²) < 4.78 is 10.7. The van der Waals surface area contributed by atoms with Gasteiger partial charge in [0, 0.05) is 6.42 Å². The van der Waals surface area contributed by atoms with E-state index in [2.05, 4.69) is 0 Å². The van der Waals surface area contributed by atoms with E-state index in [1.54, 1.807) is 7.11 Å². The van der Waals surface area contributed by atoms with Crippen molar-refractivity contribution in [3.05, 3.63) is 60.2 Å².